The van der Waals surface area contributed by atoms with Gasteiger partial charge in [0.1, 0.15) is 11.4 Å². The van der Waals surface area contributed by atoms with Gasteiger partial charge in [0.05, 0.1) is 22.5 Å². The fourth-order valence-corrected chi connectivity index (χ4v) is 3.67. The molecule has 5 nitrogen and oxygen atoms in total. The van der Waals surface area contributed by atoms with Gasteiger partial charge in [-0.15, -0.1) is 11.3 Å². The van der Waals surface area contributed by atoms with Crippen molar-refractivity contribution in [1.29, 1.82) is 0 Å². The maximum absolute atomic E-state index is 5.86. The molecule has 3 heterocycles. The highest BCUT2D eigenvalue weighted by Crippen LogP contribution is 2.32. The molecule has 2 N–H and O–H groups in total. The van der Waals surface area contributed by atoms with E-state index in [1.807, 2.05) is 6.07 Å². The molecule has 24 heavy (non-hydrogen) atoms. The third-order valence-electron chi connectivity index (χ3n) is 4.04. The number of benzene rings is 1. The summed E-state index contributed by atoms with van der Waals surface area (Å²) in [4.78, 5) is 5.63. The topological polar surface area (TPSA) is 56.9 Å². The molecule has 0 bridgehead atoms. The first-order chi connectivity index (χ1) is 11.7. The van der Waals surface area contributed by atoms with Crippen LogP contribution in [0.3, 0.4) is 0 Å². The number of hydrogen-bond donors (Lipinski definition) is 2. The second-order valence-electron chi connectivity index (χ2n) is 6.17. The number of thiophene rings is 1. The summed E-state index contributed by atoms with van der Waals surface area (Å²) in [5.74, 6) is 0.901. The van der Waals surface area contributed by atoms with E-state index in [-0.39, 0.29) is 0 Å². The van der Waals surface area contributed by atoms with Crippen LogP contribution in [0.5, 0.6) is 5.75 Å². The summed E-state index contributed by atoms with van der Waals surface area (Å²) in [6, 6.07) is 10.4. The lowest BCUT2D eigenvalue weighted by Crippen LogP contribution is -2.15. The number of aromatic amines is 2. The van der Waals surface area contributed by atoms with E-state index >= 15 is 0 Å². The summed E-state index contributed by atoms with van der Waals surface area (Å²) in [7, 11) is 4.15. The molecule has 0 saturated carbocycles. The zero-order valence-electron chi connectivity index (χ0n) is 13.8. The van der Waals surface area contributed by atoms with Gasteiger partial charge < -0.3 is 14.6 Å². The Labute approximate surface area is 144 Å². The molecule has 124 valence electrons. The highest BCUT2D eigenvalue weighted by Gasteiger charge is 2.12. The van der Waals surface area contributed by atoms with Crippen molar-refractivity contribution in [2.75, 3.05) is 27.2 Å². The third kappa shape index (κ3) is 2.90. The van der Waals surface area contributed by atoms with E-state index in [0.717, 1.165) is 47.7 Å². The minimum Gasteiger partial charge on any atom is -0.493 e. The van der Waals surface area contributed by atoms with E-state index in [9.17, 15) is 0 Å². The number of nitrogens with zero attached hydrogens (tertiary/aromatic N) is 2. The van der Waals surface area contributed by atoms with Crippen molar-refractivity contribution in [1.82, 2.24) is 20.1 Å². The van der Waals surface area contributed by atoms with Gasteiger partial charge in [-0.2, -0.15) is 5.10 Å². The van der Waals surface area contributed by atoms with Gasteiger partial charge in [-0.1, -0.05) is 0 Å². The maximum Gasteiger partial charge on any atom is 0.126 e. The van der Waals surface area contributed by atoms with Gasteiger partial charge in [0, 0.05) is 23.5 Å². The van der Waals surface area contributed by atoms with Crippen molar-refractivity contribution in [2.45, 2.75) is 6.42 Å². The zero-order valence-corrected chi connectivity index (χ0v) is 14.6. The molecule has 3 aromatic heterocycles. The number of hydrogen-bond acceptors (Lipinski definition) is 4. The maximum atomic E-state index is 5.86. The summed E-state index contributed by atoms with van der Waals surface area (Å²) in [5, 5.41) is 10.8. The summed E-state index contributed by atoms with van der Waals surface area (Å²) < 4.78 is 7.04. The predicted molar refractivity (Wildman–Crippen MR) is 99.9 cm³/mol. The van der Waals surface area contributed by atoms with Crippen LogP contribution in [0.2, 0.25) is 0 Å². The Bertz CT molecular complexity index is 966. The molecule has 0 aliphatic rings. The van der Waals surface area contributed by atoms with E-state index in [4.69, 9.17) is 4.74 Å². The van der Waals surface area contributed by atoms with Gasteiger partial charge >= 0.3 is 0 Å². The smallest absolute Gasteiger partial charge is 0.126 e. The van der Waals surface area contributed by atoms with Crippen LogP contribution in [-0.4, -0.2) is 47.3 Å². The monoisotopic (exact) mass is 340 g/mol. The first-order valence-electron chi connectivity index (χ1n) is 8.03. The molecule has 0 spiro atoms. The molecule has 6 heteroatoms. The molecule has 0 atom stereocenters. The van der Waals surface area contributed by atoms with Gasteiger partial charge in [0.25, 0.3) is 0 Å². The average molecular weight is 340 g/mol. The second-order valence-corrected chi connectivity index (χ2v) is 7.09. The lowest BCUT2D eigenvalue weighted by molar-refractivity contribution is 0.282. The van der Waals surface area contributed by atoms with Crippen LogP contribution in [0, 0.1) is 0 Å². The molecule has 0 aliphatic heterocycles. The fraction of sp³-hybridized carbons (Fsp3) is 0.278. The highest BCUT2D eigenvalue weighted by atomic mass is 32.1. The first-order valence-corrected chi connectivity index (χ1v) is 8.91. The molecule has 0 radical (unpaired) electrons. The normalized spacial score (nSPS) is 11.8. The van der Waals surface area contributed by atoms with E-state index in [1.54, 1.807) is 11.3 Å². The zero-order chi connectivity index (χ0) is 16.5. The molecule has 0 unspecified atom stereocenters. The van der Waals surface area contributed by atoms with Gasteiger partial charge in [0.15, 0.2) is 0 Å². The minimum absolute atomic E-state index is 0.729. The lowest BCUT2D eigenvalue weighted by Gasteiger charge is -2.10. The Morgan fingerprint density at radius 2 is 2.08 bits per heavy atom. The van der Waals surface area contributed by atoms with Crippen LogP contribution in [0.25, 0.3) is 32.5 Å². The Morgan fingerprint density at radius 3 is 2.96 bits per heavy atom. The van der Waals surface area contributed by atoms with Crippen LogP contribution in [0.15, 0.2) is 35.7 Å². The van der Waals surface area contributed by atoms with Gasteiger partial charge in [-0.3, -0.25) is 5.10 Å². The molecule has 1 aromatic carbocycles. The Hall–Kier alpha value is -2.31. The number of ether oxygens (including phenoxy) is 1. The van der Waals surface area contributed by atoms with Crippen molar-refractivity contribution >= 4 is 32.5 Å². The van der Waals surface area contributed by atoms with E-state index < -0.39 is 0 Å². The van der Waals surface area contributed by atoms with Crippen LogP contribution in [0.1, 0.15) is 6.42 Å². The lowest BCUT2D eigenvalue weighted by atomic mass is 10.2. The average Bonchev–Trinajstić information content (AvgIpc) is 3.24. The van der Waals surface area contributed by atoms with Crippen LogP contribution in [0.4, 0.5) is 0 Å². The van der Waals surface area contributed by atoms with Crippen LogP contribution < -0.4 is 4.74 Å². The highest BCUT2D eigenvalue weighted by molar-refractivity contribution is 7.17. The number of H-pyrrole nitrogens is 2. The van der Waals surface area contributed by atoms with Crippen molar-refractivity contribution in [3.05, 3.63) is 35.7 Å². The molecule has 0 fully saturated rings. The Kier molecular flexibility index (Phi) is 4.00. The van der Waals surface area contributed by atoms with E-state index in [0.29, 0.717) is 0 Å². The molecule has 4 aromatic rings. The predicted octanol–water partition coefficient (Wildman–Crippen LogP) is 4.10. The SMILES string of the molecule is CN(C)CCCOc1ccc2cc(-c3n[nH]c4ccsc34)[nH]c2c1. The van der Waals surface area contributed by atoms with Crippen LogP contribution in [-0.2, 0) is 0 Å². The quantitative estimate of drug-likeness (QED) is 0.520. The summed E-state index contributed by atoms with van der Waals surface area (Å²) in [6.45, 7) is 1.76. The summed E-state index contributed by atoms with van der Waals surface area (Å²) in [6.07, 6.45) is 1.02. The minimum atomic E-state index is 0.729. The number of rotatable bonds is 6. The molecule has 0 saturated heterocycles. The van der Waals surface area contributed by atoms with E-state index in [2.05, 4.69) is 63.8 Å². The van der Waals surface area contributed by atoms with Crippen molar-refractivity contribution < 1.29 is 4.74 Å². The molecule has 4 rings (SSSR count). The summed E-state index contributed by atoms with van der Waals surface area (Å²) in [5.41, 5.74) is 4.16. The largest absolute Gasteiger partial charge is 0.493 e. The number of nitrogens with one attached hydrogen (secondary N) is 2. The Morgan fingerprint density at radius 1 is 1.17 bits per heavy atom. The third-order valence-corrected chi connectivity index (χ3v) is 4.96. The Balaban J connectivity index is 1.56. The number of fused-ring (bicyclic) bond motifs is 2. The fourth-order valence-electron chi connectivity index (χ4n) is 2.82. The summed E-state index contributed by atoms with van der Waals surface area (Å²) >= 11 is 1.70. The van der Waals surface area contributed by atoms with Gasteiger partial charge in [-0.25, -0.2) is 0 Å². The van der Waals surface area contributed by atoms with Crippen molar-refractivity contribution in [3.63, 3.8) is 0 Å². The van der Waals surface area contributed by atoms with Crippen LogP contribution >= 0.6 is 11.3 Å². The standard InChI is InChI=1S/C18H20N4OS/c1-22(2)7-3-8-23-13-5-4-12-10-16(19-15(12)11-13)17-18-14(20-21-17)6-9-24-18/h4-6,9-11,19H,3,7-8H2,1-2H3,(H,20,21). The second kappa shape index (κ2) is 6.30. The molecule has 0 amide bonds. The molecular weight excluding hydrogens is 320 g/mol. The van der Waals surface area contributed by atoms with E-state index in [1.165, 1.54) is 10.1 Å². The van der Waals surface area contributed by atoms with Gasteiger partial charge in [-0.05, 0) is 50.2 Å². The molecular formula is C18H20N4OS. The van der Waals surface area contributed by atoms with Gasteiger partial charge in [0.2, 0.25) is 0 Å². The molecule has 0 aliphatic carbocycles. The number of aromatic nitrogens is 3. The first kappa shape index (κ1) is 15.2. The van der Waals surface area contributed by atoms with Crippen molar-refractivity contribution in [3.8, 4) is 17.1 Å². The van der Waals surface area contributed by atoms with Crippen molar-refractivity contribution in [2.24, 2.45) is 0 Å².